The number of carbonyl (C=O) groups excluding carboxylic acids is 1. The van der Waals surface area contributed by atoms with Gasteiger partial charge >= 0.3 is 0 Å². The van der Waals surface area contributed by atoms with Gasteiger partial charge < -0.3 is 0 Å². The molecule has 0 bridgehead atoms. The summed E-state index contributed by atoms with van der Waals surface area (Å²) in [5, 5.41) is 8.68. The number of nitriles is 1. The molecule has 0 saturated heterocycles. The van der Waals surface area contributed by atoms with Crippen LogP contribution in [-0.2, 0) is 4.79 Å². The highest BCUT2D eigenvalue weighted by Gasteiger charge is 2.14. The lowest BCUT2D eigenvalue weighted by atomic mass is 9.97. The number of hydrogen-bond acceptors (Lipinski definition) is 2. The van der Waals surface area contributed by atoms with E-state index in [0.29, 0.717) is 0 Å². The molecule has 0 aromatic heterocycles. The molecule has 0 saturated carbocycles. The van der Waals surface area contributed by atoms with Gasteiger partial charge in [0.2, 0.25) is 0 Å². The van der Waals surface area contributed by atoms with Gasteiger partial charge in [-0.25, -0.2) is 0 Å². The van der Waals surface area contributed by atoms with Crippen molar-refractivity contribution in [2.45, 2.75) is 12.8 Å². The van der Waals surface area contributed by atoms with Crippen molar-refractivity contribution >= 4 is 5.78 Å². The largest absolute Gasteiger partial charge is 0.298 e. The Morgan fingerprint density at radius 3 is 2.42 bits per heavy atom. The lowest BCUT2D eigenvalue weighted by Crippen LogP contribution is -2.05. The minimum atomic E-state index is -0.605. The third-order valence-corrected chi connectivity index (χ3v) is 1.67. The zero-order valence-electron chi connectivity index (χ0n) is 6.82. The summed E-state index contributed by atoms with van der Waals surface area (Å²) in [7, 11) is 0. The first-order valence-corrected chi connectivity index (χ1v) is 3.70. The van der Waals surface area contributed by atoms with E-state index < -0.39 is 5.92 Å². The number of hydrogen-bond donors (Lipinski definition) is 0. The first-order valence-electron chi connectivity index (χ1n) is 3.70. The van der Waals surface area contributed by atoms with E-state index in [2.05, 4.69) is 0 Å². The standard InChI is InChI=1S/C10H9NO/c1-8(12)10(7-11)9-5-3-2-4-6-9/h2-6,10H,1H3. The fourth-order valence-electron chi connectivity index (χ4n) is 1.05. The zero-order valence-corrected chi connectivity index (χ0v) is 6.82. The second kappa shape index (κ2) is 3.68. The van der Waals surface area contributed by atoms with Crippen molar-refractivity contribution < 1.29 is 4.79 Å². The first kappa shape index (κ1) is 8.48. The van der Waals surface area contributed by atoms with E-state index in [4.69, 9.17) is 5.26 Å². The van der Waals surface area contributed by atoms with Crippen molar-refractivity contribution in [3.63, 3.8) is 0 Å². The molecule has 0 aliphatic rings. The average molecular weight is 159 g/mol. The topological polar surface area (TPSA) is 40.9 Å². The monoisotopic (exact) mass is 159 g/mol. The van der Waals surface area contributed by atoms with Gasteiger partial charge in [-0.1, -0.05) is 30.3 Å². The number of nitrogens with zero attached hydrogens (tertiary/aromatic N) is 1. The zero-order chi connectivity index (χ0) is 8.97. The highest BCUT2D eigenvalue weighted by molar-refractivity contribution is 5.86. The van der Waals surface area contributed by atoms with Crippen molar-refractivity contribution in [2.24, 2.45) is 0 Å². The maximum atomic E-state index is 11.0. The quantitative estimate of drug-likeness (QED) is 0.661. The lowest BCUT2D eigenvalue weighted by Gasteiger charge is -2.03. The van der Waals surface area contributed by atoms with E-state index in [1.165, 1.54) is 6.92 Å². The molecule has 0 radical (unpaired) electrons. The summed E-state index contributed by atoms with van der Waals surface area (Å²) in [5.41, 5.74) is 0.771. The third kappa shape index (κ3) is 1.70. The molecule has 0 aliphatic heterocycles. The van der Waals surface area contributed by atoms with E-state index in [9.17, 15) is 4.79 Å². The van der Waals surface area contributed by atoms with Crippen molar-refractivity contribution in [3.8, 4) is 6.07 Å². The smallest absolute Gasteiger partial charge is 0.151 e. The first-order chi connectivity index (χ1) is 5.75. The fourth-order valence-corrected chi connectivity index (χ4v) is 1.05. The second-order valence-corrected chi connectivity index (χ2v) is 2.58. The van der Waals surface area contributed by atoms with Crippen molar-refractivity contribution in [1.82, 2.24) is 0 Å². The molecule has 0 N–H and O–H groups in total. The molecule has 12 heavy (non-hydrogen) atoms. The molecule has 0 heterocycles. The van der Waals surface area contributed by atoms with Crippen LogP contribution in [-0.4, -0.2) is 5.78 Å². The molecule has 1 aromatic rings. The molecular formula is C10H9NO. The molecule has 0 fully saturated rings. The Morgan fingerprint density at radius 2 is 2.00 bits per heavy atom. The molecular weight excluding hydrogens is 150 g/mol. The number of rotatable bonds is 2. The SMILES string of the molecule is CC(=O)C(C#N)c1ccccc1. The van der Waals surface area contributed by atoms with E-state index in [1.54, 1.807) is 12.1 Å². The summed E-state index contributed by atoms with van der Waals surface area (Å²) in [6, 6.07) is 11.0. The Bertz CT molecular complexity index is 310. The molecule has 1 rings (SSSR count). The van der Waals surface area contributed by atoms with Crippen LogP contribution in [0.3, 0.4) is 0 Å². The predicted molar refractivity (Wildman–Crippen MR) is 45.5 cm³/mol. The Balaban J connectivity index is 2.98. The summed E-state index contributed by atoms with van der Waals surface area (Å²) in [4.78, 5) is 11.0. The molecule has 0 amide bonds. The molecule has 1 aromatic carbocycles. The summed E-state index contributed by atoms with van der Waals surface area (Å²) in [6.45, 7) is 1.43. The molecule has 60 valence electrons. The molecule has 2 nitrogen and oxygen atoms in total. The van der Waals surface area contributed by atoms with Gasteiger partial charge in [-0.05, 0) is 12.5 Å². The van der Waals surface area contributed by atoms with Crippen LogP contribution < -0.4 is 0 Å². The number of Topliss-reactive ketones (excluding diaryl/α,β-unsaturated/α-hetero) is 1. The van der Waals surface area contributed by atoms with E-state index in [0.717, 1.165) is 5.56 Å². The van der Waals surface area contributed by atoms with Crippen molar-refractivity contribution in [1.29, 1.82) is 5.26 Å². The van der Waals surface area contributed by atoms with Crippen LogP contribution in [0.25, 0.3) is 0 Å². The maximum absolute atomic E-state index is 11.0. The van der Waals surface area contributed by atoms with Crippen LogP contribution in [0, 0.1) is 11.3 Å². The third-order valence-electron chi connectivity index (χ3n) is 1.67. The molecule has 1 unspecified atom stereocenters. The second-order valence-electron chi connectivity index (χ2n) is 2.58. The van der Waals surface area contributed by atoms with Crippen LogP contribution in [0.15, 0.2) is 30.3 Å². The minimum absolute atomic E-state index is 0.108. The summed E-state index contributed by atoms with van der Waals surface area (Å²) in [5.74, 6) is -0.713. The van der Waals surface area contributed by atoms with Gasteiger partial charge in [0.25, 0.3) is 0 Å². The highest BCUT2D eigenvalue weighted by Crippen LogP contribution is 2.14. The summed E-state index contributed by atoms with van der Waals surface area (Å²) < 4.78 is 0. The van der Waals surface area contributed by atoms with Gasteiger partial charge in [0.15, 0.2) is 5.78 Å². The van der Waals surface area contributed by atoms with Gasteiger partial charge in [-0.3, -0.25) is 4.79 Å². The van der Waals surface area contributed by atoms with Gasteiger partial charge in [0.1, 0.15) is 5.92 Å². The average Bonchev–Trinajstić information content (AvgIpc) is 2.07. The van der Waals surface area contributed by atoms with Gasteiger partial charge in [0.05, 0.1) is 6.07 Å². The number of carbonyl (C=O) groups is 1. The Kier molecular flexibility index (Phi) is 2.60. The summed E-state index contributed by atoms with van der Waals surface area (Å²) in [6.07, 6.45) is 0. The van der Waals surface area contributed by atoms with E-state index in [-0.39, 0.29) is 5.78 Å². The van der Waals surface area contributed by atoms with Crippen LogP contribution in [0.2, 0.25) is 0 Å². The van der Waals surface area contributed by atoms with Gasteiger partial charge in [-0.2, -0.15) is 5.26 Å². The van der Waals surface area contributed by atoms with Crippen molar-refractivity contribution in [3.05, 3.63) is 35.9 Å². The highest BCUT2D eigenvalue weighted by atomic mass is 16.1. The van der Waals surface area contributed by atoms with Gasteiger partial charge in [-0.15, -0.1) is 0 Å². The molecule has 2 heteroatoms. The maximum Gasteiger partial charge on any atom is 0.151 e. The van der Waals surface area contributed by atoms with E-state index >= 15 is 0 Å². The van der Waals surface area contributed by atoms with E-state index in [1.807, 2.05) is 24.3 Å². The van der Waals surface area contributed by atoms with Crippen LogP contribution >= 0.6 is 0 Å². The minimum Gasteiger partial charge on any atom is -0.298 e. The Labute approximate surface area is 71.4 Å². The van der Waals surface area contributed by atoms with Crippen LogP contribution in [0.5, 0.6) is 0 Å². The van der Waals surface area contributed by atoms with Crippen LogP contribution in [0.1, 0.15) is 18.4 Å². The molecule has 0 spiro atoms. The Hall–Kier alpha value is -1.62. The summed E-state index contributed by atoms with van der Waals surface area (Å²) >= 11 is 0. The lowest BCUT2D eigenvalue weighted by molar-refractivity contribution is -0.117. The Morgan fingerprint density at radius 1 is 1.42 bits per heavy atom. The number of benzene rings is 1. The van der Waals surface area contributed by atoms with Crippen LogP contribution in [0.4, 0.5) is 0 Å². The number of ketones is 1. The molecule has 1 atom stereocenters. The van der Waals surface area contributed by atoms with Gasteiger partial charge in [0, 0.05) is 0 Å². The molecule has 0 aliphatic carbocycles. The normalized spacial score (nSPS) is 11.7. The van der Waals surface area contributed by atoms with Crippen molar-refractivity contribution in [2.75, 3.05) is 0 Å². The fraction of sp³-hybridized carbons (Fsp3) is 0.200. The predicted octanol–water partition coefficient (Wildman–Crippen LogP) is 1.88.